The molecule has 1 heterocycles. The van der Waals surface area contributed by atoms with E-state index in [-0.39, 0.29) is 18.4 Å². The molecule has 3 rings (SSSR count). The van der Waals surface area contributed by atoms with Crippen LogP contribution >= 0.6 is 0 Å². The van der Waals surface area contributed by atoms with Crippen molar-refractivity contribution >= 4 is 5.91 Å². The molecule has 0 spiro atoms. The van der Waals surface area contributed by atoms with Gasteiger partial charge in [-0.15, -0.1) is 0 Å². The summed E-state index contributed by atoms with van der Waals surface area (Å²) in [4.78, 5) is 12.7. The van der Waals surface area contributed by atoms with E-state index < -0.39 is 6.29 Å². The highest BCUT2D eigenvalue weighted by Crippen LogP contribution is 2.44. The van der Waals surface area contributed by atoms with Crippen molar-refractivity contribution in [1.82, 2.24) is 5.32 Å². The molecule has 6 heteroatoms. The summed E-state index contributed by atoms with van der Waals surface area (Å²) in [7, 11) is 0. The number of allylic oxidation sites excluding steroid dienone is 1. The minimum absolute atomic E-state index is 0.00538. The summed E-state index contributed by atoms with van der Waals surface area (Å²) in [5.74, 6) is 2.42. The molecule has 2 N–H and O–H groups in total. The molecule has 2 aliphatic carbocycles. The SMILES string of the molecule is CC(C)[C@@H]1C=C(C(=O)NC2CC3CCC2C3)O[C@H](OCCOCCO)C1. The lowest BCUT2D eigenvalue weighted by Gasteiger charge is -2.32. The number of hydrogen-bond donors (Lipinski definition) is 2. The van der Waals surface area contributed by atoms with Crippen molar-refractivity contribution in [3.8, 4) is 0 Å². The van der Waals surface area contributed by atoms with Crippen LogP contribution in [0.4, 0.5) is 0 Å². The summed E-state index contributed by atoms with van der Waals surface area (Å²) < 4.78 is 16.8. The zero-order valence-electron chi connectivity index (χ0n) is 16.0. The van der Waals surface area contributed by atoms with E-state index in [0.29, 0.717) is 43.5 Å². The Morgan fingerprint density at radius 1 is 1.27 bits per heavy atom. The minimum Gasteiger partial charge on any atom is -0.459 e. The van der Waals surface area contributed by atoms with Crippen molar-refractivity contribution in [2.24, 2.45) is 23.7 Å². The number of aliphatic hydroxyl groups is 1. The predicted molar refractivity (Wildman–Crippen MR) is 97.1 cm³/mol. The normalized spacial score (nSPS) is 33.2. The number of rotatable bonds is 9. The van der Waals surface area contributed by atoms with Gasteiger partial charge in [-0.2, -0.15) is 0 Å². The lowest BCUT2D eigenvalue weighted by Crippen LogP contribution is -2.41. The smallest absolute Gasteiger partial charge is 0.286 e. The number of hydrogen-bond acceptors (Lipinski definition) is 5. The topological polar surface area (TPSA) is 77.0 Å². The summed E-state index contributed by atoms with van der Waals surface area (Å²) in [6.45, 7) is 5.41. The molecule has 0 aromatic heterocycles. The van der Waals surface area contributed by atoms with E-state index in [4.69, 9.17) is 19.3 Å². The van der Waals surface area contributed by atoms with Crippen molar-refractivity contribution in [2.45, 2.75) is 58.3 Å². The number of carbonyl (C=O) groups is 1. The highest BCUT2D eigenvalue weighted by Gasteiger charge is 2.41. The molecule has 3 unspecified atom stereocenters. The Morgan fingerprint density at radius 2 is 2.12 bits per heavy atom. The van der Waals surface area contributed by atoms with E-state index in [9.17, 15) is 4.79 Å². The Labute approximate surface area is 156 Å². The molecule has 148 valence electrons. The van der Waals surface area contributed by atoms with Crippen LogP contribution in [0, 0.1) is 23.7 Å². The molecule has 1 aliphatic heterocycles. The number of fused-ring (bicyclic) bond motifs is 2. The zero-order chi connectivity index (χ0) is 18.5. The summed E-state index contributed by atoms with van der Waals surface area (Å²) in [5, 5.41) is 11.9. The standard InChI is InChI=1S/C20H33NO5/c1-13(2)16-11-18(26-19(12-16)25-8-7-24-6-5-22)20(23)21-17-10-14-3-4-15(17)9-14/h11,13-17,19,22H,3-10,12H2,1-2H3,(H,21,23)/t14?,15?,16-,17?,19+/m1/s1. The van der Waals surface area contributed by atoms with Crippen LogP contribution < -0.4 is 5.32 Å². The van der Waals surface area contributed by atoms with Crippen LogP contribution in [-0.2, 0) is 19.0 Å². The van der Waals surface area contributed by atoms with Crippen molar-refractivity contribution in [1.29, 1.82) is 0 Å². The molecular formula is C20H33NO5. The Balaban J connectivity index is 1.53. The lowest BCUT2D eigenvalue weighted by molar-refractivity contribution is -0.156. The monoisotopic (exact) mass is 367 g/mol. The fourth-order valence-corrected chi connectivity index (χ4v) is 4.48. The maximum Gasteiger partial charge on any atom is 0.286 e. The van der Waals surface area contributed by atoms with E-state index in [0.717, 1.165) is 18.8 Å². The van der Waals surface area contributed by atoms with Gasteiger partial charge in [0.1, 0.15) is 0 Å². The maximum absolute atomic E-state index is 12.7. The fourth-order valence-electron chi connectivity index (χ4n) is 4.48. The van der Waals surface area contributed by atoms with Crippen molar-refractivity contribution < 1.29 is 24.1 Å². The molecule has 3 aliphatic rings. The third-order valence-corrected chi connectivity index (χ3v) is 5.99. The Bertz CT molecular complexity index is 506. The van der Waals surface area contributed by atoms with E-state index in [1.807, 2.05) is 6.08 Å². The van der Waals surface area contributed by atoms with Gasteiger partial charge < -0.3 is 24.6 Å². The highest BCUT2D eigenvalue weighted by molar-refractivity contribution is 5.91. The van der Waals surface area contributed by atoms with Gasteiger partial charge in [0.2, 0.25) is 6.29 Å². The average Bonchev–Trinajstić information content (AvgIpc) is 3.24. The van der Waals surface area contributed by atoms with Crippen molar-refractivity contribution in [2.75, 3.05) is 26.4 Å². The second-order valence-electron chi connectivity index (χ2n) is 8.18. The van der Waals surface area contributed by atoms with E-state index in [1.54, 1.807) is 0 Å². The number of ether oxygens (including phenoxy) is 3. The molecule has 0 aromatic rings. The van der Waals surface area contributed by atoms with Crippen LogP contribution in [0.25, 0.3) is 0 Å². The summed E-state index contributed by atoms with van der Waals surface area (Å²) in [5.41, 5.74) is 0. The van der Waals surface area contributed by atoms with Gasteiger partial charge in [0, 0.05) is 12.5 Å². The van der Waals surface area contributed by atoms with Crippen molar-refractivity contribution in [3.63, 3.8) is 0 Å². The van der Waals surface area contributed by atoms with Gasteiger partial charge in [-0.05, 0) is 49.0 Å². The second kappa shape index (κ2) is 9.20. The fraction of sp³-hybridized carbons (Fsp3) is 0.850. The molecule has 0 radical (unpaired) electrons. The molecule has 2 fully saturated rings. The van der Waals surface area contributed by atoms with E-state index >= 15 is 0 Å². The summed E-state index contributed by atoms with van der Waals surface area (Å²) >= 11 is 0. The van der Waals surface area contributed by atoms with Crippen LogP contribution in [0.15, 0.2) is 11.8 Å². The van der Waals surface area contributed by atoms with Gasteiger partial charge in [0.15, 0.2) is 5.76 Å². The first-order chi connectivity index (χ1) is 12.6. The molecule has 6 nitrogen and oxygen atoms in total. The third-order valence-electron chi connectivity index (χ3n) is 5.99. The van der Waals surface area contributed by atoms with Crippen LogP contribution in [0.1, 0.15) is 46.0 Å². The maximum atomic E-state index is 12.7. The lowest BCUT2D eigenvalue weighted by atomic mass is 9.90. The van der Waals surface area contributed by atoms with Crippen LogP contribution in [0.5, 0.6) is 0 Å². The first-order valence-corrected chi connectivity index (χ1v) is 10.1. The Kier molecular flexibility index (Phi) is 6.95. The number of nitrogens with one attached hydrogen (secondary N) is 1. The first-order valence-electron chi connectivity index (χ1n) is 10.1. The molecule has 0 saturated heterocycles. The molecule has 2 saturated carbocycles. The molecule has 2 bridgehead atoms. The van der Waals surface area contributed by atoms with E-state index in [2.05, 4.69) is 19.2 Å². The van der Waals surface area contributed by atoms with E-state index in [1.165, 1.54) is 19.3 Å². The molecule has 5 atom stereocenters. The van der Waals surface area contributed by atoms with Crippen LogP contribution in [0.2, 0.25) is 0 Å². The third kappa shape index (κ3) is 4.99. The van der Waals surface area contributed by atoms with Gasteiger partial charge in [-0.25, -0.2) is 0 Å². The first kappa shape index (κ1) is 19.6. The molecule has 26 heavy (non-hydrogen) atoms. The largest absolute Gasteiger partial charge is 0.459 e. The summed E-state index contributed by atoms with van der Waals surface area (Å²) in [6, 6.07) is 0.302. The highest BCUT2D eigenvalue weighted by atomic mass is 16.7. The van der Waals surface area contributed by atoms with Crippen molar-refractivity contribution in [3.05, 3.63) is 11.8 Å². The summed E-state index contributed by atoms with van der Waals surface area (Å²) in [6.07, 6.45) is 7.21. The Hall–Kier alpha value is -1.11. The molecule has 0 aromatic carbocycles. The zero-order valence-corrected chi connectivity index (χ0v) is 16.0. The van der Waals surface area contributed by atoms with Crippen LogP contribution in [-0.4, -0.2) is 49.8 Å². The van der Waals surface area contributed by atoms with Gasteiger partial charge in [0.05, 0.1) is 26.4 Å². The minimum atomic E-state index is -0.425. The Morgan fingerprint density at radius 3 is 2.77 bits per heavy atom. The van der Waals surface area contributed by atoms with Crippen LogP contribution in [0.3, 0.4) is 0 Å². The number of aliphatic hydroxyl groups excluding tert-OH is 1. The quantitative estimate of drug-likeness (QED) is 0.611. The van der Waals surface area contributed by atoms with Gasteiger partial charge in [-0.1, -0.05) is 20.3 Å². The molecular weight excluding hydrogens is 334 g/mol. The predicted octanol–water partition coefficient (Wildman–Crippen LogP) is 2.22. The van der Waals surface area contributed by atoms with Gasteiger partial charge in [0.25, 0.3) is 5.91 Å². The van der Waals surface area contributed by atoms with Gasteiger partial charge in [-0.3, -0.25) is 4.79 Å². The second-order valence-corrected chi connectivity index (χ2v) is 8.18. The number of carbonyl (C=O) groups excluding carboxylic acids is 1. The van der Waals surface area contributed by atoms with Gasteiger partial charge >= 0.3 is 0 Å². The average molecular weight is 367 g/mol. The molecule has 1 amide bonds. The number of amides is 1.